The number of morpholine rings is 1. The number of nitrogens with zero attached hydrogens (tertiary/aromatic N) is 2. The summed E-state index contributed by atoms with van der Waals surface area (Å²) in [6.45, 7) is -1.39. The highest BCUT2D eigenvalue weighted by Crippen LogP contribution is 2.42. The van der Waals surface area contributed by atoms with Crippen molar-refractivity contribution >= 4 is 39.6 Å². The van der Waals surface area contributed by atoms with Gasteiger partial charge in [-0.2, -0.15) is 26.3 Å². The zero-order valence-electron chi connectivity index (χ0n) is 28.2. The predicted molar refractivity (Wildman–Crippen MR) is 183 cm³/mol. The van der Waals surface area contributed by atoms with Gasteiger partial charge in [0.15, 0.2) is 6.29 Å². The molecule has 0 aliphatic carbocycles. The Balaban J connectivity index is 0.000000260. The number of rotatable bonds is 7. The molecule has 6 rings (SSSR count). The molecule has 53 heavy (non-hydrogen) atoms. The van der Waals surface area contributed by atoms with Crippen molar-refractivity contribution in [1.29, 1.82) is 0 Å². The van der Waals surface area contributed by atoms with Crippen LogP contribution in [-0.4, -0.2) is 68.0 Å². The first-order valence-corrected chi connectivity index (χ1v) is 15.9. The molecule has 0 spiro atoms. The number of hydrogen-bond donors (Lipinski definition) is 2. The van der Waals surface area contributed by atoms with Gasteiger partial charge < -0.3 is 24.6 Å². The summed E-state index contributed by atoms with van der Waals surface area (Å²) in [4.78, 5) is 37.0. The minimum Gasteiger partial charge on any atom is -0.480 e. The molecule has 1 aliphatic heterocycles. The third kappa shape index (κ3) is 9.37. The minimum atomic E-state index is -4.76. The van der Waals surface area contributed by atoms with Gasteiger partial charge in [0.2, 0.25) is 0 Å². The number of carbonyl (C=O) groups is 2. The topological polar surface area (TPSA) is 101 Å². The van der Waals surface area contributed by atoms with E-state index in [1.807, 2.05) is 4.90 Å². The fourth-order valence-corrected chi connectivity index (χ4v) is 6.03. The molecule has 16 heteroatoms. The Labute approximate surface area is 297 Å². The van der Waals surface area contributed by atoms with Gasteiger partial charge in [-0.05, 0) is 53.6 Å². The molecule has 4 aromatic carbocycles. The van der Waals surface area contributed by atoms with Gasteiger partial charge in [0.1, 0.15) is 17.7 Å². The van der Waals surface area contributed by atoms with E-state index in [1.54, 1.807) is 36.4 Å². The second-order valence-corrected chi connectivity index (χ2v) is 11.6. The molecular formula is C37H33F8N3O5. The van der Waals surface area contributed by atoms with Crippen LogP contribution in [0.2, 0.25) is 0 Å². The van der Waals surface area contributed by atoms with Crippen LogP contribution < -0.4 is 15.8 Å². The Morgan fingerprint density at radius 3 is 2.06 bits per heavy atom. The summed E-state index contributed by atoms with van der Waals surface area (Å²) in [6.07, 6.45) is -4.44. The summed E-state index contributed by atoms with van der Waals surface area (Å²) in [5, 5.41) is 13.1. The normalized spacial score (nSPS) is 13.6. The van der Waals surface area contributed by atoms with Crippen LogP contribution in [0, 0.1) is 11.6 Å². The Morgan fingerprint density at radius 1 is 0.925 bits per heavy atom. The summed E-state index contributed by atoms with van der Waals surface area (Å²) in [5.41, 5.74) is -1.21. The number of carboxylic acids is 1. The lowest BCUT2D eigenvalue weighted by Crippen LogP contribution is -2.36. The molecule has 2 N–H and O–H groups in total. The molecule has 0 amide bonds. The van der Waals surface area contributed by atoms with Crippen LogP contribution in [0.25, 0.3) is 32.8 Å². The molecule has 5 aromatic rings. The number of alkyl halides is 6. The first-order chi connectivity index (χ1) is 25.1. The maximum absolute atomic E-state index is 14.3. The number of anilines is 1. The molecular weight excluding hydrogens is 718 g/mol. The zero-order valence-corrected chi connectivity index (χ0v) is 28.2. The number of pyridine rings is 1. The molecule has 1 aliphatic rings. The maximum atomic E-state index is 14.3. The van der Waals surface area contributed by atoms with Crippen LogP contribution in [0.1, 0.15) is 21.5 Å². The summed E-state index contributed by atoms with van der Waals surface area (Å²) >= 11 is 0. The third-order valence-electron chi connectivity index (χ3n) is 8.50. The molecule has 282 valence electrons. The summed E-state index contributed by atoms with van der Waals surface area (Å²) in [5.74, 6) is -2.68. The van der Waals surface area contributed by atoms with Gasteiger partial charge in [0.25, 0.3) is 5.56 Å². The summed E-state index contributed by atoms with van der Waals surface area (Å²) in [6, 6.07) is 17.3. The average molecular weight is 752 g/mol. The molecule has 8 nitrogen and oxygen atoms in total. The smallest absolute Gasteiger partial charge is 0.417 e. The summed E-state index contributed by atoms with van der Waals surface area (Å²) in [7, 11) is 2.99. The van der Waals surface area contributed by atoms with E-state index < -0.39 is 58.8 Å². The Hall–Kier alpha value is -5.35. The lowest BCUT2D eigenvalue weighted by molar-refractivity contribution is -0.139. The Kier molecular flexibility index (Phi) is 13.3. The predicted octanol–water partition coefficient (Wildman–Crippen LogP) is 7.39. The molecule has 1 saturated heterocycles. The standard InChI is InChI=1S/C25H21F3N2O3.C11H11F2NO2.CHF3/c1-29-19(24(32)33)13-14-7-5-10-16-15(14)9-6-11-17(16)21-22(25(26,27)28)18-8-3-4-12-20(18)30(2)23(21)31;12-10-5-8(6-11(13)9(10)7-15)14-1-3-16-4-2-14;2-1(3)4/h3-12,19,29H,13H2,1-2H3,(H,32,33);5-7H,1-4H2;1H. The highest BCUT2D eigenvalue weighted by atomic mass is 19.4. The number of hydrogen-bond acceptors (Lipinski definition) is 6. The van der Waals surface area contributed by atoms with Crippen LogP contribution >= 0.6 is 0 Å². The Bertz CT molecular complexity index is 2120. The highest BCUT2D eigenvalue weighted by molar-refractivity contribution is 6.01. The number of aromatic nitrogens is 1. The van der Waals surface area contributed by atoms with E-state index in [-0.39, 0.29) is 29.2 Å². The van der Waals surface area contributed by atoms with Gasteiger partial charge in [-0.15, -0.1) is 0 Å². The fourth-order valence-electron chi connectivity index (χ4n) is 6.03. The van der Waals surface area contributed by atoms with E-state index in [0.717, 1.165) is 0 Å². The zero-order chi connectivity index (χ0) is 39.0. The number of aryl methyl sites for hydroxylation is 1. The van der Waals surface area contributed by atoms with Gasteiger partial charge in [0, 0.05) is 31.2 Å². The van der Waals surface area contributed by atoms with Crippen molar-refractivity contribution in [3.63, 3.8) is 0 Å². The molecule has 1 unspecified atom stereocenters. The molecule has 0 bridgehead atoms. The molecule has 0 radical (unpaired) electrons. The average Bonchev–Trinajstić information content (AvgIpc) is 3.11. The summed E-state index contributed by atoms with van der Waals surface area (Å²) < 4.78 is 105. The molecule has 0 saturated carbocycles. The minimum absolute atomic E-state index is 0.0589. The van der Waals surface area contributed by atoms with Crippen LogP contribution in [0.5, 0.6) is 0 Å². The second kappa shape index (κ2) is 17.4. The number of likely N-dealkylation sites (N-methyl/N-ethyl adjacent to an activating group) is 1. The van der Waals surface area contributed by atoms with E-state index >= 15 is 0 Å². The lowest BCUT2D eigenvalue weighted by atomic mass is 9.90. The van der Waals surface area contributed by atoms with Crippen molar-refractivity contribution in [2.75, 3.05) is 38.3 Å². The number of aldehydes is 1. The monoisotopic (exact) mass is 751 g/mol. The molecule has 2 heterocycles. The van der Waals surface area contributed by atoms with E-state index in [1.165, 1.54) is 55.1 Å². The van der Waals surface area contributed by atoms with Gasteiger partial charge in [-0.3, -0.25) is 14.4 Å². The number of carboxylic acid groups (broad SMARTS) is 1. The number of para-hydroxylation sites is 1. The maximum Gasteiger partial charge on any atom is 0.417 e. The highest BCUT2D eigenvalue weighted by Gasteiger charge is 2.38. The van der Waals surface area contributed by atoms with Gasteiger partial charge in [0.05, 0.1) is 35.4 Å². The Morgan fingerprint density at radius 2 is 1.49 bits per heavy atom. The van der Waals surface area contributed by atoms with Crippen molar-refractivity contribution in [3.05, 3.63) is 111 Å². The number of benzene rings is 4. The van der Waals surface area contributed by atoms with Gasteiger partial charge in [-0.25, -0.2) is 8.78 Å². The number of halogens is 8. The quantitative estimate of drug-likeness (QED) is 0.132. The first-order valence-electron chi connectivity index (χ1n) is 15.9. The second-order valence-electron chi connectivity index (χ2n) is 11.6. The fraction of sp³-hybridized carbons (Fsp3) is 0.270. The number of aliphatic carboxylic acids is 1. The largest absolute Gasteiger partial charge is 0.480 e. The van der Waals surface area contributed by atoms with Gasteiger partial charge in [-0.1, -0.05) is 54.6 Å². The number of carbonyl (C=O) groups excluding carboxylic acids is 1. The van der Waals surface area contributed by atoms with E-state index in [9.17, 15) is 54.6 Å². The van der Waals surface area contributed by atoms with Crippen molar-refractivity contribution in [1.82, 2.24) is 9.88 Å². The number of fused-ring (bicyclic) bond motifs is 2. The molecule has 1 aromatic heterocycles. The van der Waals surface area contributed by atoms with Crippen LogP contribution in [-0.2, 0) is 29.2 Å². The van der Waals surface area contributed by atoms with Crippen molar-refractivity contribution in [2.45, 2.75) is 25.3 Å². The number of ether oxygens (including phenoxy) is 1. The van der Waals surface area contributed by atoms with E-state index in [0.29, 0.717) is 48.3 Å². The van der Waals surface area contributed by atoms with Crippen molar-refractivity contribution in [3.8, 4) is 11.1 Å². The first kappa shape index (κ1) is 40.4. The van der Waals surface area contributed by atoms with E-state index in [2.05, 4.69) is 5.32 Å². The van der Waals surface area contributed by atoms with E-state index in [4.69, 9.17) is 4.74 Å². The van der Waals surface area contributed by atoms with Crippen LogP contribution in [0.4, 0.5) is 40.8 Å². The van der Waals surface area contributed by atoms with Gasteiger partial charge >= 0.3 is 18.8 Å². The number of nitrogens with one attached hydrogen (secondary N) is 1. The van der Waals surface area contributed by atoms with Crippen LogP contribution in [0.3, 0.4) is 0 Å². The van der Waals surface area contributed by atoms with Crippen molar-refractivity contribution < 1.29 is 54.6 Å². The molecule has 1 atom stereocenters. The van der Waals surface area contributed by atoms with Crippen molar-refractivity contribution in [2.24, 2.45) is 7.05 Å². The lowest BCUT2D eigenvalue weighted by Gasteiger charge is -2.29. The SMILES string of the molecule is CNC(Cc1cccc2c(-c3c(C(F)(F)F)c4ccccc4n(C)c3=O)cccc12)C(=O)O.FC(F)F.O=Cc1c(F)cc(N2CCOCC2)cc1F. The third-order valence-corrected chi connectivity index (χ3v) is 8.50. The molecule has 1 fully saturated rings. The van der Waals surface area contributed by atoms with Crippen LogP contribution in [0.15, 0.2) is 77.6 Å².